The minimum absolute atomic E-state index is 0.320. The molecule has 0 atom stereocenters. The van der Waals surface area contributed by atoms with Gasteiger partial charge in [0.1, 0.15) is 0 Å². The van der Waals surface area contributed by atoms with E-state index >= 15 is 0 Å². The molecule has 2 aromatic carbocycles. The Hall–Kier alpha value is -2.54. The van der Waals surface area contributed by atoms with Gasteiger partial charge in [-0.2, -0.15) is 0 Å². The van der Waals surface area contributed by atoms with Crippen LogP contribution in [0.1, 0.15) is 44.2 Å². The van der Waals surface area contributed by atoms with Gasteiger partial charge in [0, 0.05) is 31.6 Å². The number of carbonyl (C=O) groups is 1. The Morgan fingerprint density at radius 2 is 1.73 bits per heavy atom. The standard InChI is InChI=1S/C24H29N3O2S/c1-18-4-6-20(7-5-18)14-25-12-3-13-27(16-23-17-30-19(2)26-23)15-21-8-10-22(11-9-21)24(28)29/h4-11,17,25H,3,12-16H2,1-2H3,(H,28,29). The first-order chi connectivity index (χ1) is 14.5. The fraction of sp³-hybridized carbons (Fsp3) is 0.333. The fourth-order valence-electron chi connectivity index (χ4n) is 3.30. The third-order valence-corrected chi connectivity index (χ3v) is 5.76. The lowest BCUT2D eigenvalue weighted by atomic mass is 10.1. The molecule has 0 radical (unpaired) electrons. The molecule has 30 heavy (non-hydrogen) atoms. The number of carboxylic acid groups (broad SMARTS) is 1. The van der Waals surface area contributed by atoms with E-state index < -0.39 is 5.97 Å². The summed E-state index contributed by atoms with van der Waals surface area (Å²) in [4.78, 5) is 18.1. The Morgan fingerprint density at radius 3 is 2.37 bits per heavy atom. The van der Waals surface area contributed by atoms with Crippen LogP contribution in [0.2, 0.25) is 0 Å². The average molecular weight is 424 g/mol. The average Bonchev–Trinajstić information content (AvgIpc) is 3.14. The Kier molecular flexibility index (Phi) is 8.13. The molecule has 3 rings (SSSR count). The van der Waals surface area contributed by atoms with Crippen LogP contribution in [0.25, 0.3) is 0 Å². The van der Waals surface area contributed by atoms with Gasteiger partial charge in [0.15, 0.2) is 0 Å². The molecule has 0 saturated heterocycles. The van der Waals surface area contributed by atoms with Crippen molar-refractivity contribution in [3.05, 3.63) is 86.9 Å². The van der Waals surface area contributed by atoms with Crippen molar-refractivity contribution in [2.75, 3.05) is 13.1 Å². The van der Waals surface area contributed by atoms with Crippen LogP contribution < -0.4 is 5.32 Å². The third-order valence-electron chi connectivity index (χ3n) is 4.94. The lowest BCUT2D eigenvalue weighted by Gasteiger charge is -2.22. The summed E-state index contributed by atoms with van der Waals surface area (Å²) in [5.74, 6) is -0.893. The molecule has 1 aromatic heterocycles. The number of aromatic carboxylic acids is 1. The van der Waals surface area contributed by atoms with Crippen LogP contribution in [0.4, 0.5) is 0 Å². The Balaban J connectivity index is 1.52. The van der Waals surface area contributed by atoms with Crippen molar-refractivity contribution in [1.29, 1.82) is 0 Å². The number of benzene rings is 2. The summed E-state index contributed by atoms with van der Waals surface area (Å²) in [6.07, 6.45) is 1.03. The lowest BCUT2D eigenvalue weighted by Crippen LogP contribution is -2.27. The number of hydrogen-bond donors (Lipinski definition) is 2. The number of nitrogens with zero attached hydrogens (tertiary/aromatic N) is 2. The van der Waals surface area contributed by atoms with Gasteiger partial charge in [-0.05, 0) is 50.1 Å². The Labute approximate surface area is 182 Å². The van der Waals surface area contributed by atoms with Crippen molar-refractivity contribution >= 4 is 17.3 Å². The monoisotopic (exact) mass is 423 g/mol. The van der Waals surface area contributed by atoms with Gasteiger partial charge in [0.25, 0.3) is 0 Å². The summed E-state index contributed by atoms with van der Waals surface area (Å²) in [6.45, 7) is 8.46. The van der Waals surface area contributed by atoms with Crippen molar-refractivity contribution < 1.29 is 9.90 Å². The minimum atomic E-state index is -0.893. The first-order valence-electron chi connectivity index (χ1n) is 10.2. The zero-order valence-corrected chi connectivity index (χ0v) is 18.4. The molecule has 5 nitrogen and oxygen atoms in total. The molecule has 0 amide bonds. The molecule has 0 aliphatic carbocycles. The predicted molar refractivity (Wildman–Crippen MR) is 122 cm³/mol. The third kappa shape index (κ3) is 7.06. The molecule has 0 fully saturated rings. The number of carboxylic acids is 1. The number of nitrogens with one attached hydrogen (secondary N) is 1. The SMILES string of the molecule is Cc1ccc(CNCCCN(Cc2ccc(C(=O)O)cc2)Cc2csc(C)n2)cc1. The van der Waals surface area contributed by atoms with Crippen LogP contribution in [0.5, 0.6) is 0 Å². The summed E-state index contributed by atoms with van der Waals surface area (Å²) in [7, 11) is 0. The molecular weight excluding hydrogens is 394 g/mol. The van der Waals surface area contributed by atoms with Crippen molar-refractivity contribution in [2.24, 2.45) is 0 Å². The topological polar surface area (TPSA) is 65.5 Å². The van der Waals surface area contributed by atoms with Crippen LogP contribution in [-0.2, 0) is 19.6 Å². The van der Waals surface area contributed by atoms with E-state index in [4.69, 9.17) is 5.11 Å². The van der Waals surface area contributed by atoms with Gasteiger partial charge in [-0.25, -0.2) is 9.78 Å². The van der Waals surface area contributed by atoms with Crippen molar-refractivity contribution in [3.8, 4) is 0 Å². The van der Waals surface area contributed by atoms with Gasteiger partial charge in [0.2, 0.25) is 0 Å². The van der Waals surface area contributed by atoms with Gasteiger partial charge in [-0.1, -0.05) is 42.0 Å². The van der Waals surface area contributed by atoms with E-state index in [2.05, 4.69) is 51.8 Å². The van der Waals surface area contributed by atoms with Gasteiger partial charge in [-0.15, -0.1) is 11.3 Å². The largest absolute Gasteiger partial charge is 0.478 e. The normalized spacial score (nSPS) is 11.2. The molecule has 0 unspecified atom stereocenters. The van der Waals surface area contributed by atoms with E-state index in [-0.39, 0.29) is 0 Å². The van der Waals surface area contributed by atoms with Crippen LogP contribution in [0, 0.1) is 13.8 Å². The summed E-state index contributed by atoms with van der Waals surface area (Å²) in [5.41, 5.74) is 5.10. The van der Waals surface area contributed by atoms with Gasteiger partial charge in [0.05, 0.1) is 16.3 Å². The second-order valence-corrected chi connectivity index (χ2v) is 8.65. The van der Waals surface area contributed by atoms with Crippen LogP contribution in [0.3, 0.4) is 0 Å². The molecule has 0 aliphatic rings. The maximum Gasteiger partial charge on any atom is 0.335 e. The highest BCUT2D eigenvalue weighted by Gasteiger charge is 2.10. The molecule has 0 bridgehead atoms. The summed E-state index contributed by atoms with van der Waals surface area (Å²) >= 11 is 1.67. The van der Waals surface area contributed by atoms with E-state index in [1.165, 1.54) is 11.1 Å². The van der Waals surface area contributed by atoms with E-state index in [0.717, 1.165) is 55.4 Å². The number of aromatic nitrogens is 1. The van der Waals surface area contributed by atoms with Crippen molar-refractivity contribution in [3.63, 3.8) is 0 Å². The van der Waals surface area contributed by atoms with Crippen LogP contribution in [-0.4, -0.2) is 34.0 Å². The number of rotatable bonds is 11. The lowest BCUT2D eigenvalue weighted by molar-refractivity contribution is 0.0697. The molecule has 0 saturated carbocycles. The first-order valence-corrected chi connectivity index (χ1v) is 11.1. The summed E-state index contributed by atoms with van der Waals surface area (Å²) < 4.78 is 0. The highest BCUT2D eigenvalue weighted by molar-refractivity contribution is 7.09. The van der Waals surface area contributed by atoms with Gasteiger partial charge < -0.3 is 10.4 Å². The maximum absolute atomic E-state index is 11.1. The molecule has 2 N–H and O–H groups in total. The first kappa shape index (κ1) is 22.2. The van der Waals surface area contributed by atoms with E-state index in [0.29, 0.717) is 5.56 Å². The zero-order chi connectivity index (χ0) is 21.3. The second-order valence-electron chi connectivity index (χ2n) is 7.59. The van der Waals surface area contributed by atoms with Crippen molar-refractivity contribution in [2.45, 2.75) is 39.9 Å². The van der Waals surface area contributed by atoms with E-state index in [1.807, 2.05) is 19.1 Å². The smallest absolute Gasteiger partial charge is 0.335 e. The predicted octanol–water partition coefficient (Wildman–Crippen LogP) is 4.64. The molecule has 0 aliphatic heterocycles. The minimum Gasteiger partial charge on any atom is -0.478 e. The van der Waals surface area contributed by atoms with E-state index in [9.17, 15) is 4.79 Å². The molecule has 0 spiro atoms. The van der Waals surface area contributed by atoms with Gasteiger partial charge >= 0.3 is 5.97 Å². The summed E-state index contributed by atoms with van der Waals surface area (Å²) in [6, 6.07) is 15.8. The van der Waals surface area contributed by atoms with E-state index in [1.54, 1.807) is 23.5 Å². The van der Waals surface area contributed by atoms with Crippen molar-refractivity contribution in [1.82, 2.24) is 15.2 Å². The number of hydrogen-bond acceptors (Lipinski definition) is 5. The maximum atomic E-state index is 11.1. The zero-order valence-electron chi connectivity index (χ0n) is 17.6. The molecule has 1 heterocycles. The highest BCUT2D eigenvalue weighted by Crippen LogP contribution is 2.14. The molecular formula is C24H29N3O2S. The van der Waals surface area contributed by atoms with Crippen LogP contribution in [0.15, 0.2) is 53.9 Å². The quantitative estimate of drug-likeness (QED) is 0.440. The van der Waals surface area contributed by atoms with Crippen LogP contribution >= 0.6 is 11.3 Å². The molecule has 6 heteroatoms. The Bertz CT molecular complexity index is 936. The number of aryl methyl sites for hydroxylation is 2. The second kappa shape index (κ2) is 11.0. The van der Waals surface area contributed by atoms with Gasteiger partial charge in [-0.3, -0.25) is 4.90 Å². The molecule has 3 aromatic rings. The highest BCUT2D eigenvalue weighted by atomic mass is 32.1. The molecule has 158 valence electrons. The summed E-state index contributed by atoms with van der Waals surface area (Å²) in [5, 5.41) is 15.8. The Morgan fingerprint density at radius 1 is 1.03 bits per heavy atom. The number of thiazole rings is 1. The fourth-order valence-corrected chi connectivity index (χ4v) is 3.91.